The first-order valence-corrected chi connectivity index (χ1v) is 6.10. The quantitative estimate of drug-likeness (QED) is 0.888. The van der Waals surface area contributed by atoms with Crippen molar-refractivity contribution in [1.29, 1.82) is 0 Å². The molecule has 0 aliphatic carbocycles. The van der Waals surface area contributed by atoms with Crippen molar-refractivity contribution >= 4 is 11.7 Å². The van der Waals surface area contributed by atoms with E-state index in [1.807, 2.05) is 0 Å². The molecule has 0 spiro atoms. The number of aliphatic carboxylic acids is 1. The summed E-state index contributed by atoms with van der Waals surface area (Å²) in [5.74, 6) is -2.97. The zero-order valence-electron chi connectivity index (χ0n) is 11.1. The molecule has 0 radical (unpaired) electrons. The van der Waals surface area contributed by atoms with Gasteiger partial charge in [0.25, 0.3) is 0 Å². The minimum atomic E-state index is -1.39. The monoisotopic (exact) mass is 293 g/mol. The van der Waals surface area contributed by atoms with E-state index in [0.29, 0.717) is 11.4 Å². The van der Waals surface area contributed by atoms with Gasteiger partial charge >= 0.3 is 5.97 Å². The number of ether oxygens (including phenoxy) is 1. The summed E-state index contributed by atoms with van der Waals surface area (Å²) in [5, 5.41) is 11.9. The second-order valence-corrected chi connectivity index (χ2v) is 4.29. The standard InChI is InChI=1S/C15H13F2NO3/c1-21-10-7-5-9(6-8-10)18-14(15(19)20)11-3-2-4-12(16)13(11)17/h2-8,14,18H,1H3,(H,19,20). The Morgan fingerprint density at radius 1 is 1.19 bits per heavy atom. The van der Waals surface area contributed by atoms with Crippen molar-refractivity contribution in [1.82, 2.24) is 0 Å². The van der Waals surface area contributed by atoms with E-state index < -0.39 is 23.6 Å². The average Bonchev–Trinajstić information content (AvgIpc) is 2.48. The summed E-state index contributed by atoms with van der Waals surface area (Å²) in [6, 6.07) is 8.47. The summed E-state index contributed by atoms with van der Waals surface area (Å²) in [7, 11) is 1.50. The van der Waals surface area contributed by atoms with Gasteiger partial charge in [-0.15, -0.1) is 0 Å². The Labute approximate surface area is 120 Å². The molecule has 2 aromatic carbocycles. The van der Waals surface area contributed by atoms with Crippen LogP contribution in [0.2, 0.25) is 0 Å². The molecule has 0 heterocycles. The van der Waals surface area contributed by atoms with Crippen LogP contribution >= 0.6 is 0 Å². The number of hydrogen-bond acceptors (Lipinski definition) is 3. The molecule has 21 heavy (non-hydrogen) atoms. The van der Waals surface area contributed by atoms with Crippen LogP contribution in [0.15, 0.2) is 42.5 Å². The lowest BCUT2D eigenvalue weighted by atomic mass is 10.1. The van der Waals surface area contributed by atoms with Crippen molar-refractivity contribution in [2.75, 3.05) is 12.4 Å². The largest absolute Gasteiger partial charge is 0.497 e. The van der Waals surface area contributed by atoms with Crippen molar-refractivity contribution in [3.05, 3.63) is 59.7 Å². The van der Waals surface area contributed by atoms with E-state index in [1.54, 1.807) is 24.3 Å². The first-order valence-electron chi connectivity index (χ1n) is 6.10. The number of carbonyl (C=O) groups is 1. The Balaban J connectivity index is 2.31. The molecule has 1 unspecified atom stereocenters. The van der Waals surface area contributed by atoms with E-state index in [9.17, 15) is 18.7 Å². The molecule has 4 nitrogen and oxygen atoms in total. The molecule has 0 fully saturated rings. The maximum absolute atomic E-state index is 13.7. The highest BCUT2D eigenvalue weighted by Crippen LogP contribution is 2.25. The van der Waals surface area contributed by atoms with Crippen LogP contribution in [0.4, 0.5) is 14.5 Å². The van der Waals surface area contributed by atoms with Crippen LogP contribution in [0.3, 0.4) is 0 Å². The second kappa shape index (κ2) is 6.21. The van der Waals surface area contributed by atoms with E-state index in [-0.39, 0.29) is 5.56 Å². The van der Waals surface area contributed by atoms with Gasteiger partial charge in [-0.1, -0.05) is 12.1 Å². The average molecular weight is 293 g/mol. The number of rotatable bonds is 5. The predicted molar refractivity (Wildman–Crippen MR) is 73.4 cm³/mol. The number of hydrogen-bond donors (Lipinski definition) is 2. The molecule has 0 amide bonds. The summed E-state index contributed by atoms with van der Waals surface area (Å²) < 4.78 is 32.0. The number of carboxylic acids is 1. The minimum absolute atomic E-state index is 0.265. The number of nitrogens with one attached hydrogen (secondary N) is 1. The van der Waals surface area contributed by atoms with Crippen LogP contribution < -0.4 is 10.1 Å². The molecule has 2 N–H and O–H groups in total. The molecular weight excluding hydrogens is 280 g/mol. The van der Waals surface area contributed by atoms with E-state index >= 15 is 0 Å². The van der Waals surface area contributed by atoms with Crippen molar-refractivity contribution in [2.24, 2.45) is 0 Å². The van der Waals surface area contributed by atoms with Gasteiger partial charge in [-0.3, -0.25) is 0 Å². The zero-order chi connectivity index (χ0) is 15.4. The molecule has 110 valence electrons. The smallest absolute Gasteiger partial charge is 0.330 e. The second-order valence-electron chi connectivity index (χ2n) is 4.29. The molecule has 0 saturated heterocycles. The Kier molecular flexibility index (Phi) is 4.37. The first-order chi connectivity index (χ1) is 10.0. The fourth-order valence-corrected chi connectivity index (χ4v) is 1.87. The van der Waals surface area contributed by atoms with Gasteiger partial charge in [0.1, 0.15) is 5.75 Å². The highest BCUT2D eigenvalue weighted by molar-refractivity contribution is 5.79. The van der Waals surface area contributed by atoms with Crippen LogP contribution in [-0.4, -0.2) is 18.2 Å². The molecular formula is C15H13F2NO3. The normalized spacial score (nSPS) is 11.8. The lowest BCUT2D eigenvalue weighted by Crippen LogP contribution is -2.22. The summed E-state index contributed by atoms with van der Waals surface area (Å²) in [5.41, 5.74) is 0.185. The fraction of sp³-hybridized carbons (Fsp3) is 0.133. The molecule has 0 aliphatic rings. The van der Waals surface area contributed by atoms with Gasteiger partial charge in [0.2, 0.25) is 0 Å². The van der Waals surface area contributed by atoms with E-state index in [2.05, 4.69) is 5.32 Å². The number of anilines is 1. The fourth-order valence-electron chi connectivity index (χ4n) is 1.87. The number of benzene rings is 2. The number of halogens is 2. The molecule has 1 atom stereocenters. The Bertz CT molecular complexity index is 644. The van der Waals surface area contributed by atoms with Gasteiger partial charge in [0.15, 0.2) is 17.7 Å². The van der Waals surface area contributed by atoms with Gasteiger partial charge in [-0.05, 0) is 30.3 Å². The van der Waals surface area contributed by atoms with Crippen LogP contribution in [0.1, 0.15) is 11.6 Å². The highest BCUT2D eigenvalue weighted by Gasteiger charge is 2.24. The summed E-state index contributed by atoms with van der Waals surface area (Å²) in [6.45, 7) is 0. The third kappa shape index (κ3) is 3.28. The zero-order valence-corrected chi connectivity index (χ0v) is 11.1. The van der Waals surface area contributed by atoms with Crippen LogP contribution in [0.5, 0.6) is 5.75 Å². The van der Waals surface area contributed by atoms with Crippen molar-refractivity contribution < 1.29 is 23.4 Å². The number of methoxy groups -OCH3 is 1. The predicted octanol–water partition coefficient (Wildman–Crippen LogP) is 3.21. The van der Waals surface area contributed by atoms with E-state index in [4.69, 9.17) is 4.74 Å². The van der Waals surface area contributed by atoms with E-state index in [0.717, 1.165) is 6.07 Å². The van der Waals surface area contributed by atoms with Crippen molar-refractivity contribution in [3.63, 3.8) is 0 Å². The van der Waals surface area contributed by atoms with Crippen molar-refractivity contribution in [2.45, 2.75) is 6.04 Å². The molecule has 6 heteroatoms. The molecule has 0 aromatic heterocycles. The van der Waals surface area contributed by atoms with Gasteiger partial charge in [-0.25, -0.2) is 13.6 Å². The van der Waals surface area contributed by atoms with Crippen LogP contribution in [-0.2, 0) is 4.79 Å². The Morgan fingerprint density at radius 2 is 1.86 bits per heavy atom. The van der Waals surface area contributed by atoms with Gasteiger partial charge < -0.3 is 15.2 Å². The highest BCUT2D eigenvalue weighted by atomic mass is 19.2. The lowest BCUT2D eigenvalue weighted by molar-refractivity contribution is -0.138. The third-order valence-electron chi connectivity index (χ3n) is 2.94. The summed E-state index contributed by atoms with van der Waals surface area (Å²) in [4.78, 5) is 11.3. The third-order valence-corrected chi connectivity index (χ3v) is 2.94. The van der Waals surface area contributed by atoms with Crippen LogP contribution in [0.25, 0.3) is 0 Å². The molecule has 0 bridgehead atoms. The van der Waals surface area contributed by atoms with Crippen LogP contribution in [0, 0.1) is 11.6 Å². The topological polar surface area (TPSA) is 58.6 Å². The summed E-state index contributed by atoms with van der Waals surface area (Å²) in [6.07, 6.45) is 0. The minimum Gasteiger partial charge on any atom is -0.497 e. The van der Waals surface area contributed by atoms with Gasteiger partial charge in [0.05, 0.1) is 7.11 Å². The Hall–Kier alpha value is -2.63. The first kappa shape index (κ1) is 14.8. The van der Waals surface area contributed by atoms with Crippen molar-refractivity contribution in [3.8, 4) is 5.75 Å². The Morgan fingerprint density at radius 3 is 2.43 bits per heavy atom. The number of carboxylic acid groups (broad SMARTS) is 1. The molecule has 0 aliphatic heterocycles. The molecule has 2 rings (SSSR count). The lowest BCUT2D eigenvalue weighted by Gasteiger charge is -2.17. The maximum atomic E-state index is 13.7. The maximum Gasteiger partial charge on any atom is 0.330 e. The SMILES string of the molecule is COc1ccc(NC(C(=O)O)c2cccc(F)c2F)cc1. The summed E-state index contributed by atoms with van der Waals surface area (Å²) >= 11 is 0. The van der Waals surface area contributed by atoms with Gasteiger partial charge in [-0.2, -0.15) is 0 Å². The van der Waals surface area contributed by atoms with Gasteiger partial charge in [0, 0.05) is 11.3 Å². The van der Waals surface area contributed by atoms with E-state index in [1.165, 1.54) is 19.2 Å². The molecule has 2 aromatic rings. The molecule has 0 saturated carbocycles.